The number of benzene rings is 2. The fourth-order valence-corrected chi connectivity index (χ4v) is 4.49. The average molecular weight is 433 g/mol. The fourth-order valence-electron chi connectivity index (χ4n) is 3.02. The Morgan fingerprint density at radius 1 is 1.10 bits per heavy atom. The van der Waals surface area contributed by atoms with Crippen LogP contribution in [0, 0.1) is 10.1 Å². The number of amides is 1. The molecule has 0 aliphatic carbocycles. The van der Waals surface area contributed by atoms with E-state index >= 15 is 0 Å². The minimum absolute atomic E-state index is 0.0572. The topological polar surface area (TPSA) is 127 Å². The highest BCUT2D eigenvalue weighted by Crippen LogP contribution is 2.22. The molecule has 0 bridgehead atoms. The van der Waals surface area contributed by atoms with Crippen LogP contribution in [0.15, 0.2) is 53.4 Å². The molecular weight excluding hydrogens is 414 g/mol. The number of carbonyl (C=O) groups is 2. The van der Waals surface area contributed by atoms with Gasteiger partial charge in [0.2, 0.25) is 10.0 Å². The van der Waals surface area contributed by atoms with Crippen LogP contribution < -0.4 is 4.74 Å². The van der Waals surface area contributed by atoms with Crippen LogP contribution in [0.5, 0.6) is 5.75 Å². The van der Waals surface area contributed by atoms with Crippen molar-refractivity contribution in [1.82, 2.24) is 9.21 Å². The summed E-state index contributed by atoms with van der Waals surface area (Å²) in [6, 6.07) is 11.4. The minimum Gasteiger partial charge on any atom is -0.483 e. The van der Waals surface area contributed by atoms with Gasteiger partial charge in [-0.15, -0.1) is 0 Å². The maximum absolute atomic E-state index is 12.8. The second-order valence-electron chi connectivity index (χ2n) is 6.48. The molecule has 3 rings (SSSR count). The molecule has 1 fully saturated rings. The van der Waals surface area contributed by atoms with Gasteiger partial charge in [0.1, 0.15) is 5.75 Å². The summed E-state index contributed by atoms with van der Waals surface area (Å²) in [6.07, 6.45) is 0.636. The quantitative estimate of drug-likeness (QED) is 0.366. The third-order valence-electron chi connectivity index (χ3n) is 4.65. The highest BCUT2D eigenvalue weighted by molar-refractivity contribution is 7.89. The lowest BCUT2D eigenvalue weighted by molar-refractivity contribution is -0.385. The van der Waals surface area contributed by atoms with Crippen LogP contribution >= 0.6 is 0 Å². The van der Waals surface area contributed by atoms with E-state index in [0.29, 0.717) is 17.6 Å². The number of sulfonamides is 1. The Morgan fingerprint density at radius 2 is 1.80 bits per heavy atom. The number of nitro groups is 1. The highest BCUT2D eigenvalue weighted by atomic mass is 32.2. The first-order chi connectivity index (χ1) is 14.3. The lowest BCUT2D eigenvalue weighted by atomic mass is 10.2. The number of hydrogen-bond acceptors (Lipinski definition) is 7. The largest absolute Gasteiger partial charge is 0.483 e. The maximum atomic E-state index is 12.8. The van der Waals surface area contributed by atoms with Crippen LogP contribution in [0.1, 0.15) is 10.4 Å². The zero-order valence-corrected chi connectivity index (χ0v) is 16.7. The molecule has 0 aromatic heterocycles. The molecule has 0 radical (unpaired) electrons. The number of hydrogen-bond donors (Lipinski definition) is 0. The Hall–Kier alpha value is -3.31. The number of ether oxygens (including phenoxy) is 1. The van der Waals surface area contributed by atoms with E-state index in [2.05, 4.69) is 0 Å². The molecule has 1 amide bonds. The zero-order chi connectivity index (χ0) is 21.7. The average Bonchev–Trinajstić information content (AvgIpc) is 2.77. The number of nitro benzene ring substituents is 1. The molecule has 158 valence electrons. The summed E-state index contributed by atoms with van der Waals surface area (Å²) in [7, 11) is -3.91. The molecule has 10 nitrogen and oxygen atoms in total. The van der Waals surface area contributed by atoms with E-state index in [4.69, 9.17) is 4.74 Å². The molecule has 30 heavy (non-hydrogen) atoms. The van der Waals surface area contributed by atoms with Gasteiger partial charge in [0.05, 0.1) is 15.4 Å². The molecule has 0 atom stereocenters. The van der Waals surface area contributed by atoms with Crippen LogP contribution in [-0.2, 0) is 14.8 Å². The summed E-state index contributed by atoms with van der Waals surface area (Å²) in [5, 5.41) is 10.9. The third-order valence-corrected chi connectivity index (χ3v) is 6.55. The summed E-state index contributed by atoms with van der Waals surface area (Å²) in [5.41, 5.74) is 0.0239. The van der Waals surface area contributed by atoms with Crippen molar-refractivity contribution in [2.24, 2.45) is 0 Å². The highest BCUT2D eigenvalue weighted by Gasteiger charge is 2.31. The van der Waals surface area contributed by atoms with Crippen LogP contribution in [0.25, 0.3) is 0 Å². The van der Waals surface area contributed by atoms with Gasteiger partial charge in [-0.05, 0) is 18.2 Å². The van der Waals surface area contributed by atoms with Crippen LogP contribution in [0.3, 0.4) is 0 Å². The Balaban J connectivity index is 1.60. The molecule has 11 heteroatoms. The molecule has 2 aromatic carbocycles. The molecule has 0 saturated carbocycles. The Kier molecular flexibility index (Phi) is 6.43. The number of nitrogens with zero attached hydrogens (tertiary/aromatic N) is 3. The molecule has 0 spiro atoms. The SMILES string of the molecule is O=Cc1ccccc1OCC(=O)N1CCN(S(=O)(=O)c2cccc([N+](=O)[O-])c2)CC1. The molecule has 1 aliphatic heterocycles. The van der Waals surface area contributed by atoms with E-state index in [1.165, 1.54) is 27.4 Å². The van der Waals surface area contributed by atoms with Gasteiger partial charge in [0.15, 0.2) is 12.9 Å². The standard InChI is InChI=1S/C19H19N3O7S/c23-13-15-4-1-2-7-18(15)29-14-19(24)20-8-10-21(11-9-20)30(27,28)17-6-3-5-16(12-17)22(25)26/h1-7,12-13H,8-11,14H2. The Labute approximate surface area is 172 Å². The van der Waals surface area contributed by atoms with E-state index in [-0.39, 0.29) is 49.3 Å². The monoisotopic (exact) mass is 433 g/mol. The van der Waals surface area contributed by atoms with Gasteiger partial charge in [-0.2, -0.15) is 4.31 Å². The van der Waals surface area contributed by atoms with E-state index < -0.39 is 14.9 Å². The predicted molar refractivity (Wildman–Crippen MR) is 106 cm³/mol. The number of para-hydroxylation sites is 1. The van der Waals surface area contributed by atoms with Crippen molar-refractivity contribution >= 4 is 27.9 Å². The first-order valence-corrected chi connectivity index (χ1v) is 10.5. The molecule has 1 saturated heterocycles. The zero-order valence-electron chi connectivity index (χ0n) is 15.8. The smallest absolute Gasteiger partial charge is 0.270 e. The van der Waals surface area contributed by atoms with Crippen LogP contribution in [-0.4, -0.2) is 67.5 Å². The minimum atomic E-state index is -3.91. The van der Waals surface area contributed by atoms with Gasteiger partial charge in [0.25, 0.3) is 11.6 Å². The maximum Gasteiger partial charge on any atom is 0.270 e. The summed E-state index contributed by atoms with van der Waals surface area (Å²) in [4.78, 5) is 35.0. The van der Waals surface area contributed by atoms with Crippen LogP contribution in [0.4, 0.5) is 5.69 Å². The number of carbonyl (C=O) groups excluding carboxylic acids is 2. The van der Waals surface area contributed by atoms with E-state index in [0.717, 1.165) is 6.07 Å². The van der Waals surface area contributed by atoms with Gasteiger partial charge in [-0.1, -0.05) is 18.2 Å². The summed E-state index contributed by atoms with van der Waals surface area (Å²) in [6.45, 7) is 0.156. The summed E-state index contributed by atoms with van der Waals surface area (Å²) in [5.74, 6) is -0.0316. The van der Waals surface area contributed by atoms with Gasteiger partial charge >= 0.3 is 0 Å². The van der Waals surface area contributed by atoms with Gasteiger partial charge in [0, 0.05) is 38.3 Å². The number of non-ortho nitro benzene ring substituents is 1. The van der Waals surface area contributed by atoms with Crippen molar-refractivity contribution < 1.29 is 27.7 Å². The van der Waals surface area contributed by atoms with E-state index in [1.807, 2.05) is 0 Å². The van der Waals surface area contributed by atoms with Crippen molar-refractivity contribution in [3.05, 3.63) is 64.2 Å². The fraction of sp³-hybridized carbons (Fsp3) is 0.263. The lowest BCUT2D eigenvalue weighted by Gasteiger charge is -2.33. The third kappa shape index (κ3) is 4.63. The van der Waals surface area contributed by atoms with Crippen molar-refractivity contribution in [1.29, 1.82) is 0 Å². The van der Waals surface area contributed by atoms with Crippen molar-refractivity contribution in [2.75, 3.05) is 32.8 Å². The molecular formula is C19H19N3O7S. The first kappa shape index (κ1) is 21.4. The van der Waals surface area contributed by atoms with E-state index in [9.17, 15) is 28.1 Å². The predicted octanol–water partition coefficient (Wildman–Crippen LogP) is 1.32. The normalized spacial score (nSPS) is 14.9. The molecule has 0 unspecified atom stereocenters. The van der Waals surface area contributed by atoms with Crippen molar-refractivity contribution in [2.45, 2.75) is 4.90 Å². The second-order valence-corrected chi connectivity index (χ2v) is 8.42. The molecule has 0 N–H and O–H groups in total. The lowest BCUT2D eigenvalue weighted by Crippen LogP contribution is -2.51. The molecule has 2 aromatic rings. The Morgan fingerprint density at radius 3 is 2.47 bits per heavy atom. The first-order valence-electron chi connectivity index (χ1n) is 9.02. The van der Waals surface area contributed by atoms with Crippen LogP contribution in [0.2, 0.25) is 0 Å². The van der Waals surface area contributed by atoms with E-state index in [1.54, 1.807) is 24.3 Å². The number of aldehydes is 1. The van der Waals surface area contributed by atoms with Gasteiger partial charge < -0.3 is 9.64 Å². The molecule has 1 aliphatic rings. The van der Waals surface area contributed by atoms with Crippen molar-refractivity contribution in [3.63, 3.8) is 0 Å². The Bertz CT molecular complexity index is 1060. The molecule has 1 heterocycles. The summed E-state index contributed by atoms with van der Waals surface area (Å²) >= 11 is 0. The van der Waals surface area contributed by atoms with Gasteiger partial charge in [-0.25, -0.2) is 8.42 Å². The number of piperazine rings is 1. The van der Waals surface area contributed by atoms with Crippen molar-refractivity contribution in [3.8, 4) is 5.75 Å². The summed E-state index contributed by atoms with van der Waals surface area (Å²) < 4.78 is 32.1. The number of rotatable bonds is 7. The van der Waals surface area contributed by atoms with Gasteiger partial charge in [-0.3, -0.25) is 19.7 Å². The second kappa shape index (κ2) is 9.01.